The Bertz CT molecular complexity index is 913. The molecule has 25 heavy (non-hydrogen) atoms. The summed E-state index contributed by atoms with van der Waals surface area (Å²) in [5, 5.41) is 0.802. The second kappa shape index (κ2) is 5.66. The van der Waals surface area contributed by atoms with Crippen molar-refractivity contribution in [2.45, 2.75) is 19.4 Å². The smallest absolute Gasteiger partial charge is 0.297 e. The average molecular weight is 353 g/mol. The third-order valence-corrected chi connectivity index (χ3v) is 5.35. The zero-order valence-electron chi connectivity index (χ0n) is 13.4. The zero-order valence-corrected chi connectivity index (χ0v) is 14.2. The summed E-state index contributed by atoms with van der Waals surface area (Å²) in [5.74, 6) is 1.57. The lowest BCUT2D eigenvalue weighted by Gasteiger charge is -2.15. The van der Waals surface area contributed by atoms with Gasteiger partial charge in [0.05, 0.1) is 23.8 Å². The van der Waals surface area contributed by atoms with Crippen LogP contribution in [0.2, 0.25) is 0 Å². The van der Waals surface area contributed by atoms with E-state index in [2.05, 4.69) is 19.9 Å². The number of pyridine rings is 1. The van der Waals surface area contributed by atoms with Gasteiger partial charge in [-0.3, -0.25) is 14.7 Å². The largest absolute Gasteiger partial charge is 0.430 e. The standard InChI is InChI=1S/C17H15N5O2S/c23-17-15-12(9-22(17)14-8-18-10-25-14)20-16(24-15)11-3-4-13(19-7-11)21-5-1-2-6-21/h3-4,7-8,10H,1-2,5-6,9H2. The summed E-state index contributed by atoms with van der Waals surface area (Å²) in [6.45, 7) is 2.53. The van der Waals surface area contributed by atoms with Gasteiger partial charge in [-0.1, -0.05) is 0 Å². The molecular weight excluding hydrogens is 338 g/mol. The first kappa shape index (κ1) is 14.6. The molecule has 0 unspecified atom stereocenters. The van der Waals surface area contributed by atoms with Crippen LogP contribution in [-0.2, 0) is 6.54 Å². The van der Waals surface area contributed by atoms with Gasteiger partial charge in [-0.25, -0.2) is 9.97 Å². The molecule has 1 saturated heterocycles. The van der Waals surface area contributed by atoms with Gasteiger partial charge in [0.1, 0.15) is 16.5 Å². The topological polar surface area (TPSA) is 75.4 Å². The molecule has 3 aromatic rings. The van der Waals surface area contributed by atoms with Gasteiger partial charge in [-0.05, 0) is 25.0 Å². The van der Waals surface area contributed by atoms with E-state index in [1.165, 1.54) is 24.2 Å². The number of amides is 1. The lowest BCUT2D eigenvalue weighted by molar-refractivity contribution is 0.0973. The van der Waals surface area contributed by atoms with Gasteiger partial charge < -0.3 is 9.32 Å². The van der Waals surface area contributed by atoms with Gasteiger partial charge in [-0.2, -0.15) is 0 Å². The Kier molecular flexibility index (Phi) is 3.30. The number of carbonyl (C=O) groups excluding carboxylic acids is 1. The van der Waals surface area contributed by atoms with Crippen LogP contribution in [0.1, 0.15) is 29.1 Å². The Morgan fingerprint density at radius 2 is 2.04 bits per heavy atom. The Balaban J connectivity index is 1.40. The van der Waals surface area contributed by atoms with Crippen molar-refractivity contribution in [1.82, 2.24) is 15.0 Å². The molecule has 3 aromatic heterocycles. The van der Waals surface area contributed by atoms with Crippen molar-refractivity contribution in [2.75, 3.05) is 22.9 Å². The zero-order chi connectivity index (χ0) is 16.8. The van der Waals surface area contributed by atoms with E-state index in [4.69, 9.17) is 4.42 Å². The summed E-state index contributed by atoms with van der Waals surface area (Å²) in [6.07, 6.45) is 5.87. The molecule has 0 bridgehead atoms. The van der Waals surface area contributed by atoms with Gasteiger partial charge in [0, 0.05) is 19.3 Å². The molecule has 8 heteroatoms. The SMILES string of the molecule is O=C1c2oc(-c3ccc(N4CCCC4)nc3)nc2CN1c1cncs1. The van der Waals surface area contributed by atoms with E-state index in [0.29, 0.717) is 23.9 Å². The normalized spacial score (nSPS) is 16.7. The highest BCUT2D eigenvalue weighted by Gasteiger charge is 2.35. The summed E-state index contributed by atoms with van der Waals surface area (Å²) in [7, 11) is 0. The molecule has 0 aromatic carbocycles. The molecule has 0 N–H and O–H groups in total. The Morgan fingerprint density at radius 3 is 2.72 bits per heavy atom. The van der Waals surface area contributed by atoms with Crippen LogP contribution in [0, 0.1) is 0 Å². The number of anilines is 2. The number of aromatic nitrogens is 3. The number of hydrogen-bond donors (Lipinski definition) is 0. The maximum atomic E-state index is 12.5. The highest BCUT2D eigenvalue weighted by atomic mass is 32.1. The summed E-state index contributed by atoms with van der Waals surface area (Å²) in [4.78, 5) is 29.5. The first-order valence-electron chi connectivity index (χ1n) is 8.21. The molecule has 0 atom stereocenters. The quantitative estimate of drug-likeness (QED) is 0.721. The number of oxazole rings is 1. The maximum Gasteiger partial charge on any atom is 0.297 e. The third kappa shape index (κ3) is 2.41. The molecule has 126 valence electrons. The molecule has 2 aliphatic heterocycles. The van der Waals surface area contributed by atoms with Crippen molar-refractivity contribution in [2.24, 2.45) is 0 Å². The molecule has 7 nitrogen and oxygen atoms in total. The van der Waals surface area contributed by atoms with Crippen molar-refractivity contribution >= 4 is 28.1 Å². The molecular formula is C17H15N5O2S. The van der Waals surface area contributed by atoms with Crippen LogP contribution in [0.5, 0.6) is 0 Å². The minimum atomic E-state index is -0.167. The van der Waals surface area contributed by atoms with Crippen LogP contribution in [0.25, 0.3) is 11.5 Å². The van der Waals surface area contributed by atoms with E-state index in [1.807, 2.05) is 12.1 Å². The number of nitrogens with zero attached hydrogens (tertiary/aromatic N) is 5. The van der Waals surface area contributed by atoms with Gasteiger partial charge >= 0.3 is 0 Å². The minimum absolute atomic E-state index is 0.167. The molecule has 0 spiro atoms. The van der Waals surface area contributed by atoms with Crippen molar-refractivity contribution in [1.29, 1.82) is 0 Å². The molecule has 2 aliphatic rings. The van der Waals surface area contributed by atoms with Crippen LogP contribution in [0.4, 0.5) is 10.8 Å². The van der Waals surface area contributed by atoms with Crippen LogP contribution in [0.15, 0.2) is 34.5 Å². The van der Waals surface area contributed by atoms with Crippen LogP contribution in [0.3, 0.4) is 0 Å². The first-order valence-corrected chi connectivity index (χ1v) is 9.09. The summed E-state index contributed by atoms with van der Waals surface area (Å²) < 4.78 is 5.75. The number of rotatable bonds is 3. The molecule has 1 amide bonds. The second-order valence-electron chi connectivity index (χ2n) is 6.13. The monoisotopic (exact) mass is 353 g/mol. The van der Waals surface area contributed by atoms with Crippen molar-refractivity contribution < 1.29 is 9.21 Å². The Labute approximate surface area is 147 Å². The number of carbonyl (C=O) groups is 1. The van der Waals surface area contributed by atoms with Gasteiger partial charge in [0.2, 0.25) is 11.7 Å². The van der Waals surface area contributed by atoms with E-state index in [1.54, 1.807) is 22.8 Å². The van der Waals surface area contributed by atoms with E-state index in [9.17, 15) is 4.79 Å². The van der Waals surface area contributed by atoms with Crippen molar-refractivity contribution in [3.63, 3.8) is 0 Å². The van der Waals surface area contributed by atoms with Crippen LogP contribution in [-0.4, -0.2) is 33.9 Å². The average Bonchev–Trinajstić information content (AvgIpc) is 3.42. The van der Waals surface area contributed by atoms with Crippen LogP contribution < -0.4 is 9.80 Å². The minimum Gasteiger partial charge on any atom is -0.430 e. The number of fused-ring (bicyclic) bond motifs is 1. The fraction of sp³-hybridized carbons (Fsp3) is 0.294. The van der Waals surface area contributed by atoms with Crippen molar-refractivity contribution in [3.8, 4) is 11.5 Å². The van der Waals surface area contributed by atoms with E-state index in [-0.39, 0.29) is 5.91 Å². The molecule has 5 heterocycles. The van der Waals surface area contributed by atoms with Gasteiger partial charge in [-0.15, -0.1) is 11.3 Å². The fourth-order valence-electron chi connectivity index (χ4n) is 3.26. The van der Waals surface area contributed by atoms with Crippen LogP contribution >= 0.6 is 11.3 Å². The highest BCUT2D eigenvalue weighted by Crippen LogP contribution is 2.33. The highest BCUT2D eigenvalue weighted by molar-refractivity contribution is 7.14. The number of hydrogen-bond acceptors (Lipinski definition) is 7. The first-order chi connectivity index (χ1) is 12.3. The third-order valence-electron chi connectivity index (χ3n) is 4.55. The second-order valence-corrected chi connectivity index (χ2v) is 6.99. The maximum absolute atomic E-state index is 12.5. The van der Waals surface area contributed by atoms with E-state index < -0.39 is 0 Å². The summed E-state index contributed by atoms with van der Waals surface area (Å²) in [5.41, 5.74) is 3.15. The lowest BCUT2D eigenvalue weighted by Crippen LogP contribution is -2.22. The van der Waals surface area contributed by atoms with Crippen molar-refractivity contribution in [3.05, 3.63) is 41.5 Å². The molecule has 5 rings (SSSR count). The molecule has 0 radical (unpaired) electrons. The van der Waals surface area contributed by atoms with Gasteiger partial charge in [0.25, 0.3) is 5.91 Å². The Hall–Kier alpha value is -2.74. The van der Waals surface area contributed by atoms with E-state index in [0.717, 1.165) is 29.5 Å². The predicted molar refractivity (Wildman–Crippen MR) is 93.8 cm³/mol. The van der Waals surface area contributed by atoms with Gasteiger partial charge in [0.15, 0.2) is 0 Å². The Morgan fingerprint density at radius 1 is 1.16 bits per heavy atom. The fourth-order valence-corrected chi connectivity index (χ4v) is 3.89. The molecule has 1 fully saturated rings. The predicted octanol–water partition coefficient (Wildman–Crippen LogP) is 2.95. The molecule has 0 aliphatic carbocycles. The summed E-state index contributed by atoms with van der Waals surface area (Å²) in [6, 6.07) is 3.94. The van der Waals surface area contributed by atoms with E-state index >= 15 is 0 Å². The number of thiazole rings is 1. The molecule has 0 saturated carbocycles. The summed E-state index contributed by atoms with van der Waals surface area (Å²) >= 11 is 1.42. The lowest BCUT2D eigenvalue weighted by atomic mass is 10.3.